The zero-order valence-corrected chi connectivity index (χ0v) is 11.5. The lowest BCUT2D eigenvalue weighted by molar-refractivity contribution is 0.281. The van der Waals surface area contributed by atoms with Gasteiger partial charge in [0.15, 0.2) is 0 Å². The molecular formula is C17H20O2. The number of rotatable bonds is 5. The molecule has 1 N–H and O–H groups in total. The fraction of sp³-hybridized carbons (Fsp3) is 0.294. The predicted molar refractivity (Wildman–Crippen MR) is 77.7 cm³/mol. The van der Waals surface area contributed by atoms with Crippen molar-refractivity contribution in [3.8, 4) is 5.75 Å². The van der Waals surface area contributed by atoms with Gasteiger partial charge in [-0.05, 0) is 36.1 Å². The lowest BCUT2D eigenvalue weighted by Crippen LogP contribution is -2.04. The molecule has 100 valence electrons. The minimum absolute atomic E-state index is 0.185. The predicted octanol–water partition coefficient (Wildman–Crippen LogP) is 3.52. The monoisotopic (exact) mass is 256 g/mol. The summed E-state index contributed by atoms with van der Waals surface area (Å²) in [4.78, 5) is 0. The smallest absolute Gasteiger partial charge is 0.121 e. The Hall–Kier alpha value is -1.80. The maximum atomic E-state index is 9.30. The van der Waals surface area contributed by atoms with E-state index in [1.54, 1.807) is 7.11 Å². The van der Waals surface area contributed by atoms with E-state index in [4.69, 9.17) is 4.74 Å². The van der Waals surface area contributed by atoms with Crippen molar-refractivity contribution in [2.45, 2.75) is 19.3 Å². The minimum atomic E-state index is 0.185. The van der Waals surface area contributed by atoms with Gasteiger partial charge in [-0.15, -0.1) is 0 Å². The molecule has 2 aromatic carbocycles. The number of aliphatic hydroxyl groups excluding tert-OH is 1. The SMILES string of the molecule is COc1ccc(C(CCO)c2ccccc2)cc1C. The first-order valence-electron chi connectivity index (χ1n) is 6.56. The summed E-state index contributed by atoms with van der Waals surface area (Å²) in [6, 6.07) is 16.5. The number of methoxy groups -OCH3 is 1. The average Bonchev–Trinajstić information content (AvgIpc) is 2.45. The van der Waals surface area contributed by atoms with Gasteiger partial charge in [0.05, 0.1) is 7.11 Å². The molecule has 0 heterocycles. The van der Waals surface area contributed by atoms with E-state index in [9.17, 15) is 5.11 Å². The average molecular weight is 256 g/mol. The Morgan fingerprint density at radius 1 is 1.05 bits per heavy atom. The maximum Gasteiger partial charge on any atom is 0.121 e. The molecule has 0 saturated heterocycles. The molecule has 0 aliphatic carbocycles. The highest BCUT2D eigenvalue weighted by Crippen LogP contribution is 2.30. The van der Waals surface area contributed by atoms with Crippen molar-refractivity contribution in [3.63, 3.8) is 0 Å². The summed E-state index contributed by atoms with van der Waals surface area (Å²) in [7, 11) is 1.68. The zero-order chi connectivity index (χ0) is 13.7. The van der Waals surface area contributed by atoms with Crippen molar-refractivity contribution in [1.82, 2.24) is 0 Å². The molecule has 0 spiro atoms. The normalized spacial score (nSPS) is 12.2. The quantitative estimate of drug-likeness (QED) is 0.887. The molecule has 0 bridgehead atoms. The summed E-state index contributed by atoms with van der Waals surface area (Å²) in [5.74, 6) is 1.13. The Morgan fingerprint density at radius 2 is 1.79 bits per heavy atom. The van der Waals surface area contributed by atoms with E-state index >= 15 is 0 Å². The third-order valence-corrected chi connectivity index (χ3v) is 3.44. The van der Waals surface area contributed by atoms with Crippen LogP contribution in [0.4, 0.5) is 0 Å². The third-order valence-electron chi connectivity index (χ3n) is 3.44. The fourth-order valence-corrected chi connectivity index (χ4v) is 2.46. The molecule has 0 aliphatic heterocycles. The van der Waals surface area contributed by atoms with Gasteiger partial charge in [0.2, 0.25) is 0 Å². The summed E-state index contributed by atoms with van der Waals surface area (Å²) in [6.07, 6.45) is 0.732. The summed E-state index contributed by atoms with van der Waals surface area (Å²) in [5.41, 5.74) is 3.58. The van der Waals surface area contributed by atoms with Crippen LogP contribution in [0.25, 0.3) is 0 Å². The molecule has 0 amide bonds. The van der Waals surface area contributed by atoms with Gasteiger partial charge < -0.3 is 9.84 Å². The summed E-state index contributed by atoms with van der Waals surface area (Å²) in [5, 5.41) is 9.30. The van der Waals surface area contributed by atoms with Crippen molar-refractivity contribution >= 4 is 0 Å². The first-order chi connectivity index (χ1) is 9.26. The molecule has 0 aliphatic rings. The second kappa shape index (κ2) is 6.39. The standard InChI is InChI=1S/C17H20O2/c1-13-12-15(8-9-17(13)19-2)16(10-11-18)14-6-4-3-5-7-14/h3-9,12,16,18H,10-11H2,1-2H3. The molecule has 1 atom stereocenters. The van der Waals surface area contributed by atoms with Crippen LogP contribution in [-0.4, -0.2) is 18.8 Å². The van der Waals surface area contributed by atoms with Crippen molar-refractivity contribution in [2.75, 3.05) is 13.7 Å². The third kappa shape index (κ3) is 3.15. The molecule has 2 aromatic rings. The van der Waals surface area contributed by atoms with E-state index < -0.39 is 0 Å². The molecule has 2 heteroatoms. The highest BCUT2D eigenvalue weighted by atomic mass is 16.5. The fourth-order valence-electron chi connectivity index (χ4n) is 2.46. The van der Waals surface area contributed by atoms with Crippen LogP contribution in [0.1, 0.15) is 29.0 Å². The van der Waals surface area contributed by atoms with Gasteiger partial charge >= 0.3 is 0 Å². The molecule has 2 nitrogen and oxygen atoms in total. The van der Waals surface area contributed by atoms with Crippen LogP contribution >= 0.6 is 0 Å². The Balaban J connectivity index is 2.37. The van der Waals surface area contributed by atoms with E-state index in [1.807, 2.05) is 31.2 Å². The lowest BCUT2D eigenvalue weighted by atomic mass is 9.88. The van der Waals surface area contributed by atoms with Crippen LogP contribution < -0.4 is 4.74 Å². The van der Waals surface area contributed by atoms with Gasteiger partial charge in [0, 0.05) is 12.5 Å². The van der Waals surface area contributed by atoms with E-state index in [0.29, 0.717) is 0 Å². The molecule has 0 fully saturated rings. The number of ether oxygens (including phenoxy) is 1. The molecule has 0 radical (unpaired) electrons. The van der Waals surface area contributed by atoms with Gasteiger partial charge in [-0.3, -0.25) is 0 Å². The van der Waals surface area contributed by atoms with Crippen LogP contribution in [0, 0.1) is 6.92 Å². The first kappa shape index (κ1) is 13.6. The van der Waals surface area contributed by atoms with Gasteiger partial charge in [-0.25, -0.2) is 0 Å². The zero-order valence-electron chi connectivity index (χ0n) is 11.5. The van der Waals surface area contributed by atoms with E-state index in [0.717, 1.165) is 17.7 Å². The number of aliphatic hydroxyl groups is 1. The Labute approximate surface area is 114 Å². The van der Waals surface area contributed by atoms with E-state index in [2.05, 4.69) is 24.3 Å². The molecule has 0 aromatic heterocycles. The van der Waals surface area contributed by atoms with Gasteiger partial charge in [-0.1, -0.05) is 42.5 Å². The topological polar surface area (TPSA) is 29.5 Å². The number of aryl methyl sites for hydroxylation is 1. The molecule has 19 heavy (non-hydrogen) atoms. The van der Waals surface area contributed by atoms with Gasteiger partial charge in [0.1, 0.15) is 5.75 Å². The number of hydrogen-bond donors (Lipinski definition) is 1. The second-order valence-electron chi connectivity index (χ2n) is 4.70. The van der Waals surface area contributed by atoms with E-state index in [-0.39, 0.29) is 12.5 Å². The number of hydrogen-bond acceptors (Lipinski definition) is 2. The van der Waals surface area contributed by atoms with Gasteiger partial charge in [0.25, 0.3) is 0 Å². The van der Waals surface area contributed by atoms with Crippen LogP contribution in [-0.2, 0) is 0 Å². The molecule has 0 saturated carbocycles. The Kier molecular flexibility index (Phi) is 4.58. The van der Waals surface area contributed by atoms with Crippen molar-refractivity contribution in [1.29, 1.82) is 0 Å². The van der Waals surface area contributed by atoms with Crippen molar-refractivity contribution < 1.29 is 9.84 Å². The van der Waals surface area contributed by atoms with Crippen LogP contribution in [0.2, 0.25) is 0 Å². The van der Waals surface area contributed by atoms with Crippen molar-refractivity contribution in [3.05, 3.63) is 65.2 Å². The maximum absolute atomic E-state index is 9.30. The van der Waals surface area contributed by atoms with Crippen LogP contribution in [0.5, 0.6) is 5.75 Å². The largest absolute Gasteiger partial charge is 0.496 e. The first-order valence-corrected chi connectivity index (χ1v) is 6.56. The van der Waals surface area contributed by atoms with Gasteiger partial charge in [-0.2, -0.15) is 0 Å². The molecule has 1 unspecified atom stereocenters. The Bertz CT molecular complexity index is 520. The summed E-state index contributed by atoms with van der Waals surface area (Å²) >= 11 is 0. The molecular weight excluding hydrogens is 236 g/mol. The summed E-state index contributed by atoms with van der Waals surface area (Å²) < 4.78 is 5.30. The number of benzene rings is 2. The summed E-state index contributed by atoms with van der Waals surface area (Å²) in [6.45, 7) is 2.23. The van der Waals surface area contributed by atoms with Crippen LogP contribution in [0.15, 0.2) is 48.5 Å². The minimum Gasteiger partial charge on any atom is -0.496 e. The second-order valence-corrected chi connectivity index (χ2v) is 4.70. The molecule has 2 rings (SSSR count). The highest BCUT2D eigenvalue weighted by molar-refractivity contribution is 5.41. The highest BCUT2D eigenvalue weighted by Gasteiger charge is 2.14. The Morgan fingerprint density at radius 3 is 2.37 bits per heavy atom. The lowest BCUT2D eigenvalue weighted by Gasteiger charge is -2.18. The van der Waals surface area contributed by atoms with E-state index in [1.165, 1.54) is 11.1 Å². The van der Waals surface area contributed by atoms with Crippen molar-refractivity contribution in [2.24, 2.45) is 0 Å². The van der Waals surface area contributed by atoms with Crippen LogP contribution in [0.3, 0.4) is 0 Å².